The van der Waals surface area contributed by atoms with Gasteiger partial charge in [0.15, 0.2) is 10.3 Å². The van der Waals surface area contributed by atoms with Gasteiger partial charge in [-0.05, 0) is 12.1 Å². The van der Waals surface area contributed by atoms with E-state index in [4.69, 9.17) is 11.5 Å². The third kappa shape index (κ3) is 10.8. The molecule has 0 bridgehead atoms. The molecule has 17 heteroatoms. The topological polar surface area (TPSA) is 330 Å². The molecular formula is C13H20N5O9S2Zn+. The first-order valence-corrected chi connectivity index (χ1v) is 7.95. The van der Waals surface area contributed by atoms with Gasteiger partial charge in [-0.3, -0.25) is 0 Å². The van der Waals surface area contributed by atoms with Crippen molar-refractivity contribution in [3.63, 3.8) is 0 Å². The molecule has 0 radical (unpaired) electrons. The molecule has 14 nitrogen and oxygen atoms in total. The Hall–Kier alpha value is -2.63. The number of pyridine rings is 1. The van der Waals surface area contributed by atoms with Crippen molar-refractivity contribution < 1.29 is 66.7 Å². The fraction of sp³-hybridized carbons (Fsp3) is 0. The van der Waals surface area contributed by atoms with Crippen molar-refractivity contribution in [2.24, 2.45) is 0 Å². The summed E-state index contributed by atoms with van der Waals surface area (Å²) in [4.78, 5) is 31.8. The first-order valence-electron chi connectivity index (χ1n) is 6.19. The summed E-state index contributed by atoms with van der Waals surface area (Å²) in [5.41, 5.74) is 11.7. The molecule has 30 heavy (non-hydrogen) atoms. The van der Waals surface area contributed by atoms with Gasteiger partial charge in [0.05, 0.1) is 23.3 Å². The molecule has 0 aliphatic rings. The van der Waals surface area contributed by atoms with Gasteiger partial charge in [-0.15, -0.1) is 22.7 Å². The number of hydrogen-bond donors (Lipinski definition) is 2. The number of anilines is 2. The standard InChI is InChI=1S/C7H5NO4.C6H6N4S2.5H2O.Zn/c9-6(10)4-2-1-3-5(8-4)7(11)12;7-5-9-3(1-11-5)4-2-12-6(8)10-4;;;;;;/h1-3H,(H,9,10)(H,11,12);1-2H,(H2,7,9)(H2,8,10);5*1H2;/q;;;;;;;+2/p-1. The molecule has 3 aromatic heterocycles. The van der Waals surface area contributed by atoms with Gasteiger partial charge in [-0.1, -0.05) is 6.07 Å². The van der Waals surface area contributed by atoms with Gasteiger partial charge in [0, 0.05) is 10.8 Å². The number of rotatable bonds is 3. The van der Waals surface area contributed by atoms with Gasteiger partial charge in [0.1, 0.15) is 11.4 Å². The maximum absolute atomic E-state index is 10.2. The Labute approximate surface area is 189 Å². The monoisotopic (exact) mass is 518 g/mol. The van der Waals surface area contributed by atoms with Crippen molar-refractivity contribution in [3.05, 3.63) is 40.3 Å². The van der Waals surface area contributed by atoms with Crippen LogP contribution in [-0.2, 0) is 25.0 Å². The minimum atomic E-state index is -1.52. The van der Waals surface area contributed by atoms with Crippen LogP contribution in [0.25, 0.3) is 11.4 Å². The minimum Gasteiger partial charge on any atom is -0.543 e. The summed E-state index contributed by atoms with van der Waals surface area (Å²) in [6.45, 7) is 0. The zero-order valence-corrected chi connectivity index (χ0v) is 19.7. The van der Waals surface area contributed by atoms with E-state index in [0.29, 0.717) is 10.3 Å². The van der Waals surface area contributed by atoms with Crippen LogP contribution >= 0.6 is 22.7 Å². The second-order valence-corrected chi connectivity index (χ2v) is 5.90. The second-order valence-electron chi connectivity index (χ2n) is 4.12. The molecule has 0 aliphatic carbocycles. The fourth-order valence-electron chi connectivity index (χ4n) is 1.47. The van der Waals surface area contributed by atoms with Crippen LogP contribution in [0, 0.1) is 0 Å². The third-order valence-electron chi connectivity index (χ3n) is 2.47. The Morgan fingerprint density at radius 2 is 1.10 bits per heavy atom. The number of nitrogen functional groups attached to an aromatic ring is 2. The molecular weight excluding hydrogens is 500 g/mol. The number of hydrogen-bond acceptors (Lipinski definition) is 11. The van der Waals surface area contributed by atoms with Crippen molar-refractivity contribution in [2.45, 2.75) is 0 Å². The number of thiazole rings is 2. The maximum Gasteiger partial charge on any atom is 2.00 e. The molecule has 0 aliphatic heterocycles. The number of carboxylic acids is 2. The minimum absolute atomic E-state index is 0. The van der Waals surface area contributed by atoms with Crippen LogP contribution in [0.5, 0.6) is 0 Å². The molecule has 0 saturated carbocycles. The van der Waals surface area contributed by atoms with Crippen molar-refractivity contribution in [1.29, 1.82) is 0 Å². The van der Waals surface area contributed by atoms with Crippen molar-refractivity contribution in [2.75, 3.05) is 11.5 Å². The number of nitrogens with zero attached hydrogens (tertiary/aromatic N) is 3. The molecule has 0 aromatic carbocycles. The molecule has 0 unspecified atom stereocenters. The summed E-state index contributed by atoms with van der Waals surface area (Å²) in [5.74, 6) is -3.03. The van der Waals surface area contributed by atoms with E-state index >= 15 is 0 Å². The first kappa shape index (κ1) is 38.0. The number of nitrogens with two attached hydrogens (primary N) is 2. The van der Waals surface area contributed by atoms with Crippen LogP contribution in [0.3, 0.4) is 0 Å². The smallest absolute Gasteiger partial charge is 0.543 e. The summed E-state index contributed by atoms with van der Waals surface area (Å²) in [6, 6.07) is 3.53. The number of carbonyl (C=O) groups excluding carboxylic acids is 2. The van der Waals surface area contributed by atoms with Crippen molar-refractivity contribution in [1.82, 2.24) is 15.0 Å². The van der Waals surface area contributed by atoms with E-state index in [1.165, 1.54) is 28.7 Å². The number of aromatic nitrogens is 3. The Morgan fingerprint density at radius 1 is 0.767 bits per heavy atom. The van der Waals surface area contributed by atoms with Crippen LogP contribution in [0.2, 0.25) is 0 Å². The van der Waals surface area contributed by atoms with Crippen molar-refractivity contribution >= 4 is 44.9 Å². The molecule has 0 saturated heterocycles. The Kier molecular flexibility index (Phi) is 21.9. The van der Waals surface area contributed by atoms with Crippen LogP contribution in [0.4, 0.5) is 10.3 Å². The van der Waals surface area contributed by atoms with Crippen molar-refractivity contribution in [3.8, 4) is 11.4 Å². The molecule has 15 N–H and O–H groups in total. The SMILES string of the molecule is Nc1nc(-c2csc(N)n2)cs1.O.O.O.O.O=C([O-])c1cccc(C(=O)[O-])n1.[OH3+].[Zn+2]. The van der Waals surface area contributed by atoms with E-state index in [2.05, 4.69) is 15.0 Å². The summed E-state index contributed by atoms with van der Waals surface area (Å²) in [5, 5.41) is 25.2. The summed E-state index contributed by atoms with van der Waals surface area (Å²) < 4.78 is 0. The van der Waals surface area contributed by atoms with E-state index in [1.807, 2.05) is 10.8 Å². The molecule has 3 aromatic rings. The average Bonchev–Trinajstić information content (AvgIpc) is 3.16. The van der Waals surface area contributed by atoms with Gasteiger partial charge in [0.25, 0.3) is 0 Å². The predicted octanol–water partition coefficient (Wildman–Crippen LogP) is -4.98. The number of aromatic carboxylic acids is 2. The van der Waals surface area contributed by atoms with Gasteiger partial charge in [-0.2, -0.15) is 0 Å². The predicted molar refractivity (Wildman–Crippen MR) is 104 cm³/mol. The van der Waals surface area contributed by atoms with Crippen LogP contribution in [0.1, 0.15) is 21.0 Å². The molecule has 0 amide bonds. The normalized spacial score (nSPS) is 7.87. The molecule has 3 heterocycles. The number of carbonyl (C=O) groups is 2. The van der Waals surface area contributed by atoms with Crippen LogP contribution in [-0.4, -0.2) is 48.8 Å². The Bertz CT molecular complexity index is 826. The maximum atomic E-state index is 10.2. The van der Waals surface area contributed by atoms with E-state index in [1.54, 1.807) is 0 Å². The molecule has 3 rings (SSSR count). The number of carboxylic acid groups (broad SMARTS) is 2. The zero-order chi connectivity index (χ0) is 17.7. The summed E-state index contributed by atoms with van der Waals surface area (Å²) in [6.07, 6.45) is 0. The van der Waals surface area contributed by atoms with Gasteiger partial charge >= 0.3 is 19.5 Å². The molecule has 0 fully saturated rings. The van der Waals surface area contributed by atoms with E-state index in [0.717, 1.165) is 23.5 Å². The Morgan fingerprint density at radius 3 is 1.33 bits per heavy atom. The first-order chi connectivity index (χ1) is 11.4. The molecule has 164 valence electrons. The Balaban J connectivity index is -0.000000116. The fourth-order valence-corrected chi connectivity index (χ4v) is 2.59. The van der Waals surface area contributed by atoms with Crippen LogP contribution in [0.15, 0.2) is 29.0 Å². The average molecular weight is 520 g/mol. The largest absolute Gasteiger partial charge is 2.00 e. The van der Waals surface area contributed by atoms with E-state index in [-0.39, 0.29) is 46.9 Å². The summed E-state index contributed by atoms with van der Waals surface area (Å²) >= 11 is 2.80. The zero-order valence-electron chi connectivity index (χ0n) is 15.1. The van der Waals surface area contributed by atoms with Gasteiger partial charge in [0.2, 0.25) is 0 Å². The van der Waals surface area contributed by atoms with Gasteiger partial charge < -0.3 is 58.7 Å². The summed E-state index contributed by atoms with van der Waals surface area (Å²) in [7, 11) is 0. The quantitative estimate of drug-likeness (QED) is 0.246. The molecule has 0 spiro atoms. The van der Waals surface area contributed by atoms with E-state index < -0.39 is 23.3 Å². The second kappa shape index (κ2) is 17.3. The third-order valence-corrected chi connectivity index (χ3v) is 3.82. The molecule has 0 atom stereocenters. The van der Waals surface area contributed by atoms with E-state index in [9.17, 15) is 19.8 Å². The van der Waals surface area contributed by atoms with Crippen LogP contribution < -0.4 is 21.7 Å². The van der Waals surface area contributed by atoms with Gasteiger partial charge in [-0.25, -0.2) is 15.0 Å².